The zero-order valence-corrected chi connectivity index (χ0v) is 20.5. The summed E-state index contributed by atoms with van der Waals surface area (Å²) < 4.78 is 7.22. The molecule has 8 heteroatoms. The molecule has 1 aromatic rings. The van der Waals surface area contributed by atoms with Gasteiger partial charge in [-0.15, -0.1) is 0 Å². The molecule has 31 heavy (non-hydrogen) atoms. The molecule has 0 aromatic heterocycles. The average molecular weight is 552 g/mol. The Kier molecular flexibility index (Phi) is 6.40. The molecule has 4 rings (SSSR count). The first kappa shape index (κ1) is 22.3. The van der Waals surface area contributed by atoms with Crippen molar-refractivity contribution in [2.45, 2.75) is 51.4 Å². The summed E-state index contributed by atoms with van der Waals surface area (Å²) >= 11 is 7.06. The summed E-state index contributed by atoms with van der Waals surface area (Å²) in [5.41, 5.74) is 9.44. The first-order valence-corrected chi connectivity index (χ1v) is 12.1. The molecule has 0 atom stereocenters. The predicted molar refractivity (Wildman–Crippen MR) is 123 cm³/mol. The smallest absolute Gasteiger partial charge is 0.255 e. The Bertz CT molecular complexity index is 1000. The van der Waals surface area contributed by atoms with Gasteiger partial charge in [0, 0.05) is 57.9 Å². The van der Waals surface area contributed by atoms with E-state index in [1.807, 2.05) is 12.1 Å². The monoisotopic (exact) mass is 550 g/mol. The minimum absolute atomic E-state index is 0.0755. The van der Waals surface area contributed by atoms with Crippen molar-refractivity contribution in [2.75, 3.05) is 13.2 Å². The highest BCUT2D eigenvalue weighted by atomic mass is 79.9. The van der Waals surface area contributed by atoms with Crippen LogP contribution in [-0.2, 0) is 14.4 Å². The third-order valence-corrected chi connectivity index (χ3v) is 7.16. The summed E-state index contributed by atoms with van der Waals surface area (Å²) in [6, 6.07) is 3.70. The van der Waals surface area contributed by atoms with Crippen LogP contribution in [0.5, 0.6) is 5.75 Å². The van der Waals surface area contributed by atoms with E-state index in [1.54, 1.807) is 0 Å². The highest BCUT2D eigenvalue weighted by Crippen LogP contribution is 2.52. The quantitative estimate of drug-likeness (QED) is 0.581. The second kappa shape index (κ2) is 8.90. The fourth-order valence-corrected chi connectivity index (χ4v) is 6.37. The lowest BCUT2D eigenvalue weighted by Crippen LogP contribution is -2.39. The molecule has 2 aliphatic carbocycles. The summed E-state index contributed by atoms with van der Waals surface area (Å²) in [4.78, 5) is 40.1. The van der Waals surface area contributed by atoms with Gasteiger partial charge in [0.2, 0.25) is 0 Å². The van der Waals surface area contributed by atoms with Crippen molar-refractivity contribution in [3.8, 4) is 5.75 Å². The van der Waals surface area contributed by atoms with Gasteiger partial charge in [-0.05, 0) is 60.7 Å². The van der Waals surface area contributed by atoms with Crippen LogP contribution in [-0.4, -0.2) is 35.5 Å². The summed E-state index contributed by atoms with van der Waals surface area (Å²) in [6.45, 7) is 2.49. The van der Waals surface area contributed by atoms with Gasteiger partial charge in [0.15, 0.2) is 18.2 Å². The largest absolute Gasteiger partial charge is 0.482 e. The number of hydrogen-bond acceptors (Lipinski definition) is 5. The molecule has 0 unspecified atom stereocenters. The number of carbonyl (C=O) groups is 3. The number of rotatable bonds is 5. The van der Waals surface area contributed by atoms with Gasteiger partial charge in [-0.1, -0.05) is 15.9 Å². The molecule has 3 aliphatic rings. The Labute approximate surface area is 198 Å². The van der Waals surface area contributed by atoms with Crippen molar-refractivity contribution >= 4 is 49.3 Å². The molecule has 0 saturated heterocycles. The molecule has 0 saturated carbocycles. The van der Waals surface area contributed by atoms with Crippen LogP contribution >= 0.6 is 31.9 Å². The number of allylic oxidation sites excluding steroid dienone is 4. The van der Waals surface area contributed by atoms with Gasteiger partial charge in [0.05, 0.1) is 4.47 Å². The van der Waals surface area contributed by atoms with E-state index in [-0.39, 0.29) is 18.2 Å². The second-order valence-corrected chi connectivity index (χ2v) is 9.78. The van der Waals surface area contributed by atoms with E-state index in [0.717, 1.165) is 48.1 Å². The van der Waals surface area contributed by atoms with E-state index < -0.39 is 11.8 Å². The SMILES string of the molecule is CCN1C2=C(C(=O)CCC2)C(c2cc(Br)cc(Br)c2OCC(N)=O)C2=C1CCCC2=O. The van der Waals surface area contributed by atoms with Crippen LogP contribution in [0.15, 0.2) is 43.6 Å². The van der Waals surface area contributed by atoms with Crippen LogP contribution < -0.4 is 10.5 Å². The number of primary amides is 1. The van der Waals surface area contributed by atoms with Crippen molar-refractivity contribution < 1.29 is 19.1 Å². The van der Waals surface area contributed by atoms with Gasteiger partial charge in [0.25, 0.3) is 5.91 Å². The maximum atomic E-state index is 13.2. The Balaban J connectivity index is 1.99. The van der Waals surface area contributed by atoms with Crippen LogP contribution in [0.1, 0.15) is 56.9 Å². The van der Waals surface area contributed by atoms with Crippen molar-refractivity contribution in [1.29, 1.82) is 0 Å². The number of nitrogens with zero attached hydrogens (tertiary/aromatic N) is 1. The fourth-order valence-electron chi connectivity index (χ4n) is 5.00. The maximum absolute atomic E-state index is 13.2. The number of amides is 1. The minimum Gasteiger partial charge on any atom is -0.482 e. The number of hydrogen-bond donors (Lipinski definition) is 1. The summed E-state index contributed by atoms with van der Waals surface area (Å²) in [7, 11) is 0. The van der Waals surface area contributed by atoms with Crippen LogP contribution in [0.25, 0.3) is 0 Å². The third kappa shape index (κ3) is 4.00. The fraction of sp³-hybridized carbons (Fsp3) is 0.435. The predicted octanol–water partition coefficient (Wildman–Crippen LogP) is 4.51. The Hall–Kier alpha value is -1.93. The lowest BCUT2D eigenvalue weighted by Gasteiger charge is -2.43. The topological polar surface area (TPSA) is 89.7 Å². The molecule has 1 amide bonds. The van der Waals surface area contributed by atoms with Gasteiger partial charge in [0.1, 0.15) is 5.75 Å². The van der Waals surface area contributed by atoms with E-state index in [2.05, 4.69) is 43.7 Å². The van der Waals surface area contributed by atoms with E-state index in [0.29, 0.717) is 39.8 Å². The molecule has 1 heterocycles. The molecule has 1 aliphatic heterocycles. The molecular weight excluding hydrogens is 528 g/mol. The molecule has 164 valence electrons. The normalized spacial score (nSPS) is 19.5. The summed E-state index contributed by atoms with van der Waals surface area (Å²) in [5.74, 6) is -0.514. The Morgan fingerprint density at radius 2 is 1.65 bits per heavy atom. The van der Waals surface area contributed by atoms with Crippen molar-refractivity contribution in [3.63, 3.8) is 0 Å². The van der Waals surface area contributed by atoms with Crippen LogP contribution in [0.2, 0.25) is 0 Å². The minimum atomic E-state index is -0.594. The Morgan fingerprint density at radius 3 is 2.16 bits per heavy atom. The molecule has 0 fully saturated rings. The number of halogens is 2. The van der Waals surface area contributed by atoms with Gasteiger partial charge in [-0.25, -0.2) is 0 Å². The third-order valence-electron chi connectivity index (χ3n) is 6.11. The highest BCUT2D eigenvalue weighted by Gasteiger charge is 2.44. The van der Waals surface area contributed by atoms with E-state index in [9.17, 15) is 14.4 Å². The number of benzene rings is 1. The summed E-state index contributed by atoms with van der Waals surface area (Å²) in [5, 5.41) is 0. The second-order valence-electron chi connectivity index (χ2n) is 8.01. The average Bonchev–Trinajstić information content (AvgIpc) is 2.71. The van der Waals surface area contributed by atoms with Crippen LogP contribution in [0.4, 0.5) is 0 Å². The van der Waals surface area contributed by atoms with Crippen molar-refractivity contribution in [2.24, 2.45) is 5.73 Å². The first-order valence-electron chi connectivity index (χ1n) is 10.5. The highest BCUT2D eigenvalue weighted by molar-refractivity contribution is 9.11. The zero-order chi connectivity index (χ0) is 22.3. The lowest BCUT2D eigenvalue weighted by atomic mass is 9.70. The van der Waals surface area contributed by atoms with Gasteiger partial charge in [-0.2, -0.15) is 0 Å². The lowest BCUT2D eigenvalue weighted by molar-refractivity contribution is -0.120. The van der Waals surface area contributed by atoms with Crippen LogP contribution in [0.3, 0.4) is 0 Å². The van der Waals surface area contributed by atoms with Crippen LogP contribution in [0, 0.1) is 0 Å². The van der Waals surface area contributed by atoms with Gasteiger partial charge in [-0.3, -0.25) is 14.4 Å². The van der Waals surface area contributed by atoms with Gasteiger partial charge >= 0.3 is 0 Å². The molecule has 0 spiro atoms. The Morgan fingerprint density at radius 1 is 1.06 bits per heavy atom. The number of carbonyl (C=O) groups excluding carboxylic acids is 3. The summed E-state index contributed by atoms with van der Waals surface area (Å²) in [6.07, 6.45) is 4.17. The standard InChI is InChI=1S/C23H24Br2N2O4/c1-2-27-15-5-3-7-17(28)21(15)20(22-16(27)6-4-8-18(22)29)13-9-12(24)10-14(25)23(13)31-11-19(26)30/h9-10,20H,2-8,11H2,1H3,(H2,26,30). The number of nitrogens with two attached hydrogens (primary N) is 1. The molecule has 6 nitrogen and oxygen atoms in total. The zero-order valence-electron chi connectivity index (χ0n) is 17.3. The molecule has 1 aromatic carbocycles. The van der Waals surface area contributed by atoms with E-state index in [4.69, 9.17) is 10.5 Å². The molecule has 2 N–H and O–H groups in total. The number of Topliss-reactive ketones (excluding diaryl/α,β-unsaturated/α-hetero) is 2. The molecule has 0 bridgehead atoms. The molecular formula is C23H24Br2N2O4. The van der Waals surface area contributed by atoms with Crippen molar-refractivity contribution in [1.82, 2.24) is 4.90 Å². The van der Waals surface area contributed by atoms with E-state index >= 15 is 0 Å². The molecule has 0 radical (unpaired) electrons. The van der Waals surface area contributed by atoms with E-state index in [1.165, 1.54) is 0 Å². The van der Waals surface area contributed by atoms with Crippen molar-refractivity contribution in [3.05, 3.63) is 49.2 Å². The first-order chi connectivity index (χ1) is 14.8. The van der Waals surface area contributed by atoms with Gasteiger partial charge < -0.3 is 15.4 Å². The number of ether oxygens (including phenoxy) is 1. The maximum Gasteiger partial charge on any atom is 0.255 e. The number of ketones is 2.